The first-order valence-electron chi connectivity index (χ1n) is 5.87. The molecule has 8 nitrogen and oxygen atoms in total. The molecule has 1 unspecified atom stereocenters. The van der Waals surface area contributed by atoms with Gasteiger partial charge in [0.25, 0.3) is 0 Å². The Balaban J connectivity index is 2.09. The third-order valence-corrected chi connectivity index (χ3v) is 2.93. The maximum atomic E-state index is 12.1. The molecule has 1 atom stereocenters. The number of rotatable bonds is 2. The molecule has 0 radical (unpaired) electrons. The van der Waals surface area contributed by atoms with Gasteiger partial charge >= 0.3 is 12.0 Å². The molecule has 2 rings (SSSR count). The van der Waals surface area contributed by atoms with E-state index in [0.29, 0.717) is 18.0 Å². The van der Waals surface area contributed by atoms with E-state index in [4.69, 9.17) is 9.84 Å². The summed E-state index contributed by atoms with van der Waals surface area (Å²) < 4.78 is 6.67. The molecule has 2 N–H and O–H groups in total. The molecule has 0 saturated carbocycles. The lowest BCUT2D eigenvalue weighted by molar-refractivity contribution is -0.147. The molecule has 0 aliphatic carbocycles. The number of carbonyl (C=O) groups is 2. The minimum atomic E-state index is -1.07. The van der Waals surface area contributed by atoms with E-state index >= 15 is 0 Å². The van der Waals surface area contributed by atoms with Gasteiger partial charge in [-0.2, -0.15) is 5.10 Å². The van der Waals surface area contributed by atoms with Crippen molar-refractivity contribution >= 4 is 17.7 Å². The van der Waals surface area contributed by atoms with Gasteiger partial charge in [0.05, 0.1) is 24.6 Å². The lowest BCUT2D eigenvalue weighted by atomic mass is 10.2. The minimum Gasteiger partial charge on any atom is -0.480 e. The molecule has 1 aromatic heterocycles. The molecule has 1 aromatic rings. The second-order valence-electron chi connectivity index (χ2n) is 4.35. The van der Waals surface area contributed by atoms with Gasteiger partial charge < -0.3 is 20.1 Å². The van der Waals surface area contributed by atoms with Gasteiger partial charge in [0.15, 0.2) is 6.04 Å². The number of anilines is 1. The van der Waals surface area contributed by atoms with Gasteiger partial charge in [0, 0.05) is 19.8 Å². The summed E-state index contributed by atoms with van der Waals surface area (Å²) in [4.78, 5) is 24.4. The molecule has 1 aliphatic heterocycles. The van der Waals surface area contributed by atoms with Gasteiger partial charge in [-0.3, -0.25) is 4.68 Å². The van der Waals surface area contributed by atoms with E-state index in [1.807, 2.05) is 0 Å². The van der Waals surface area contributed by atoms with E-state index in [9.17, 15) is 9.59 Å². The fourth-order valence-corrected chi connectivity index (χ4v) is 1.96. The van der Waals surface area contributed by atoms with Crippen LogP contribution in [0.3, 0.4) is 0 Å². The number of carbonyl (C=O) groups excluding carboxylic acids is 1. The van der Waals surface area contributed by atoms with Gasteiger partial charge in [-0.05, 0) is 6.92 Å². The van der Waals surface area contributed by atoms with Crippen molar-refractivity contribution in [3.8, 4) is 0 Å². The van der Waals surface area contributed by atoms with Crippen molar-refractivity contribution in [3.05, 3.63) is 11.9 Å². The van der Waals surface area contributed by atoms with E-state index in [-0.39, 0.29) is 13.2 Å². The first-order chi connectivity index (χ1) is 8.99. The van der Waals surface area contributed by atoms with Crippen LogP contribution in [0, 0.1) is 6.92 Å². The zero-order valence-electron chi connectivity index (χ0n) is 10.8. The normalized spacial score (nSPS) is 19.3. The van der Waals surface area contributed by atoms with E-state index < -0.39 is 18.0 Å². The first kappa shape index (κ1) is 13.3. The number of nitrogens with zero attached hydrogens (tertiary/aromatic N) is 3. The van der Waals surface area contributed by atoms with E-state index in [2.05, 4.69) is 10.4 Å². The summed E-state index contributed by atoms with van der Waals surface area (Å²) in [7, 11) is 1.75. The maximum absolute atomic E-state index is 12.1. The number of carboxylic acids is 1. The molecule has 0 spiro atoms. The molecule has 2 heterocycles. The highest BCUT2D eigenvalue weighted by molar-refractivity contribution is 5.92. The molecular formula is C11H16N4O4. The highest BCUT2D eigenvalue weighted by Crippen LogP contribution is 2.14. The Hall–Kier alpha value is -2.09. The standard InChI is InChI=1S/C11H16N4O4/c1-7-8(5-14(2)13-7)12-11(18)15-3-4-19-6-9(15)10(16)17/h5,9H,3-4,6H2,1-2H3,(H,12,18)(H,16,17). The SMILES string of the molecule is Cc1nn(C)cc1NC(=O)N1CCOCC1C(=O)O. The third kappa shape index (κ3) is 2.84. The lowest BCUT2D eigenvalue weighted by Crippen LogP contribution is -2.53. The van der Waals surface area contributed by atoms with Gasteiger partial charge in [-0.1, -0.05) is 0 Å². The van der Waals surface area contributed by atoms with Crippen molar-refractivity contribution in [1.29, 1.82) is 0 Å². The lowest BCUT2D eigenvalue weighted by Gasteiger charge is -2.32. The van der Waals surface area contributed by atoms with Gasteiger partial charge in [-0.15, -0.1) is 0 Å². The molecule has 1 saturated heterocycles. The summed E-state index contributed by atoms with van der Waals surface area (Å²) in [5.41, 5.74) is 1.25. The van der Waals surface area contributed by atoms with Crippen LogP contribution in [0.2, 0.25) is 0 Å². The Labute approximate surface area is 109 Å². The number of aliphatic carboxylic acids is 1. The average molecular weight is 268 g/mol. The average Bonchev–Trinajstić information content (AvgIpc) is 2.67. The van der Waals surface area contributed by atoms with Crippen LogP contribution in [0.25, 0.3) is 0 Å². The number of morpholine rings is 1. The molecular weight excluding hydrogens is 252 g/mol. The van der Waals surface area contributed by atoms with Crippen molar-refractivity contribution in [2.24, 2.45) is 7.05 Å². The van der Waals surface area contributed by atoms with Crippen LogP contribution in [0.4, 0.5) is 10.5 Å². The fourth-order valence-electron chi connectivity index (χ4n) is 1.96. The highest BCUT2D eigenvalue weighted by atomic mass is 16.5. The molecule has 104 valence electrons. The first-order valence-corrected chi connectivity index (χ1v) is 5.87. The largest absolute Gasteiger partial charge is 0.480 e. The Morgan fingerprint density at radius 3 is 2.89 bits per heavy atom. The number of hydrogen-bond acceptors (Lipinski definition) is 4. The van der Waals surface area contributed by atoms with Crippen molar-refractivity contribution in [2.75, 3.05) is 25.1 Å². The van der Waals surface area contributed by atoms with Crippen LogP contribution in [0.15, 0.2) is 6.20 Å². The Kier molecular flexibility index (Phi) is 3.70. The van der Waals surface area contributed by atoms with Gasteiger partial charge in [0.2, 0.25) is 0 Å². The predicted octanol–water partition coefficient (Wildman–Crippen LogP) is 0.0458. The number of ether oxygens (including phenoxy) is 1. The smallest absolute Gasteiger partial charge is 0.328 e. The zero-order chi connectivity index (χ0) is 14.0. The highest BCUT2D eigenvalue weighted by Gasteiger charge is 2.33. The monoisotopic (exact) mass is 268 g/mol. The molecule has 8 heteroatoms. The summed E-state index contributed by atoms with van der Waals surface area (Å²) in [6.45, 7) is 2.36. The van der Waals surface area contributed by atoms with E-state index in [0.717, 1.165) is 0 Å². The minimum absolute atomic E-state index is 0.00871. The second-order valence-corrected chi connectivity index (χ2v) is 4.35. The van der Waals surface area contributed by atoms with E-state index in [1.54, 1.807) is 24.9 Å². The van der Waals surface area contributed by atoms with Crippen LogP contribution in [0.5, 0.6) is 0 Å². The zero-order valence-corrected chi connectivity index (χ0v) is 10.8. The summed E-state index contributed by atoms with van der Waals surface area (Å²) in [5, 5.41) is 15.8. The van der Waals surface area contributed by atoms with Crippen LogP contribution in [0.1, 0.15) is 5.69 Å². The number of aromatic nitrogens is 2. The summed E-state index contributed by atoms with van der Waals surface area (Å²) in [6.07, 6.45) is 1.67. The molecule has 0 aromatic carbocycles. The van der Waals surface area contributed by atoms with Crippen LogP contribution >= 0.6 is 0 Å². The van der Waals surface area contributed by atoms with Crippen molar-refractivity contribution in [2.45, 2.75) is 13.0 Å². The maximum Gasteiger partial charge on any atom is 0.328 e. The van der Waals surface area contributed by atoms with Crippen molar-refractivity contribution in [3.63, 3.8) is 0 Å². The number of amides is 2. The molecule has 1 fully saturated rings. The summed E-state index contributed by atoms with van der Waals surface area (Å²) in [6, 6.07) is -1.41. The van der Waals surface area contributed by atoms with Crippen LogP contribution < -0.4 is 5.32 Å². The quantitative estimate of drug-likeness (QED) is 0.789. The summed E-state index contributed by atoms with van der Waals surface area (Å²) in [5.74, 6) is -1.07. The van der Waals surface area contributed by atoms with Crippen LogP contribution in [-0.4, -0.2) is 57.6 Å². The Bertz CT molecular complexity index is 499. The second kappa shape index (κ2) is 5.27. The molecule has 2 amide bonds. The number of carboxylic acid groups (broad SMARTS) is 1. The summed E-state index contributed by atoms with van der Waals surface area (Å²) >= 11 is 0. The Morgan fingerprint density at radius 2 is 2.32 bits per heavy atom. The third-order valence-electron chi connectivity index (χ3n) is 2.93. The molecule has 0 bridgehead atoms. The van der Waals surface area contributed by atoms with Crippen molar-refractivity contribution < 1.29 is 19.4 Å². The van der Waals surface area contributed by atoms with Crippen molar-refractivity contribution in [1.82, 2.24) is 14.7 Å². The molecule has 19 heavy (non-hydrogen) atoms. The van der Waals surface area contributed by atoms with Crippen LogP contribution in [-0.2, 0) is 16.6 Å². The van der Waals surface area contributed by atoms with Gasteiger partial charge in [-0.25, -0.2) is 9.59 Å². The predicted molar refractivity (Wildman–Crippen MR) is 65.9 cm³/mol. The van der Waals surface area contributed by atoms with Gasteiger partial charge in [0.1, 0.15) is 0 Å². The number of nitrogens with one attached hydrogen (secondary N) is 1. The Morgan fingerprint density at radius 1 is 1.58 bits per heavy atom. The topological polar surface area (TPSA) is 96.7 Å². The van der Waals surface area contributed by atoms with E-state index in [1.165, 1.54) is 4.90 Å². The molecule has 1 aliphatic rings. The number of hydrogen-bond donors (Lipinski definition) is 2. The number of urea groups is 1. The number of aryl methyl sites for hydroxylation is 2. The fraction of sp³-hybridized carbons (Fsp3) is 0.545.